The summed E-state index contributed by atoms with van der Waals surface area (Å²) >= 11 is 0. The zero-order valence-corrected chi connectivity index (χ0v) is 7.41. The van der Waals surface area contributed by atoms with E-state index in [0.717, 1.165) is 0 Å². The Hall–Kier alpha value is -0.830. The molecule has 12 heavy (non-hydrogen) atoms. The van der Waals surface area contributed by atoms with Crippen LogP contribution in [0, 0.1) is 0 Å². The molecule has 1 rings (SSSR count). The van der Waals surface area contributed by atoms with E-state index in [0.29, 0.717) is 12.8 Å². The largest absolute Gasteiger partial charge is 0.458 e. The standard InChI is InChI=1S/C9H14O3/c1-7(10)12-8-3-5-9(2,11)6-4-8/h3,5,8,11H,4,6H2,1-2H3/t8-,9+/m0/s1. The highest BCUT2D eigenvalue weighted by Gasteiger charge is 2.24. The van der Waals surface area contributed by atoms with Gasteiger partial charge in [-0.3, -0.25) is 4.79 Å². The number of ether oxygens (including phenoxy) is 1. The fourth-order valence-electron chi connectivity index (χ4n) is 1.24. The monoisotopic (exact) mass is 170 g/mol. The maximum atomic E-state index is 10.6. The molecular formula is C9H14O3. The Morgan fingerprint density at radius 2 is 2.42 bits per heavy atom. The molecule has 3 heteroatoms. The van der Waals surface area contributed by atoms with Gasteiger partial charge >= 0.3 is 5.97 Å². The van der Waals surface area contributed by atoms with Crippen molar-refractivity contribution in [1.29, 1.82) is 0 Å². The fourth-order valence-corrected chi connectivity index (χ4v) is 1.24. The second-order valence-electron chi connectivity index (χ2n) is 3.40. The normalized spacial score (nSPS) is 34.8. The van der Waals surface area contributed by atoms with Crippen molar-refractivity contribution in [3.63, 3.8) is 0 Å². The summed E-state index contributed by atoms with van der Waals surface area (Å²) in [4.78, 5) is 10.6. The van der Waals surface area contributed by atoms with E-state index in [4.69, 9.17) is 4.74 Å². The Balaban J connectivity index is 2.48. The Morgan fingerprint density at radius 1 is 1.75 bits per heavy atom. The Kier molecular flexibility index (Phi) is 2.52. The van der Waals surface area contributed by atoms with Crippen LogP contribution in [0.25, 0.3) is 0 Å². The molecule has 0 fully saturated rings. The van der Waals surface area contributed by atoms with Crippen molar-refractivity contribution in [3.8, 4) is 0 Å². The van der Waals surface area contributed by atoms with E-state index in [1.165, 1.54) is 6.92 Å². The van der Waals surface area contributed by atoms with Crippen molar-refractivity contribution in [1.82, 2.24) is 0 Å². The summed E-state index contributed by atoms with van der Waals surface area (Å²) in [5, 5.41) is 9.50. The van der Waals surface area contributed by atoms with Crippen LogP contribution in [-0.2, 0) is 9.53 Å². The van der Waals surface area contributed by atoms with Gasteiger partial charge in [-0.25, -0.2) is 0 Å². The van der Waals surface area contributed by atoms with E-state index in [2.05, 4.69) is 0 Å². The number of carbonyl (C=O) groups is 1. The molecule has 0 aromatic heterocycles. The molecule has 1 N–H and O–H groups in total. The van der Waals surface area contributed by atoms with Gasteiger partial charge in [-0.1, -0.05) is 6.08 Å². The van der Waals surface area contributed by atoms with Crippen molar-refractivity contribution in [2.24, 2.45) is 0 Å². The van der Waals surface area contributed by atoms with Gasteiger partial charge in [0, 0.05) is 6.92 Å². The zero-order chi connectivity index (χ0) is 9.19. The lowest BCUT2D eigenvalue weighted by Crippen LogP contribution is -2.29. The second kappa shape index (κ2) is 3.27. The summed E-state index contributed by atoms with van der Waals surface area (Å²) in [7, 11) is 0. The molecule has 1 aliphatic rings. The summed E-state index contributed by atoms with van der Waals surface area (Å²) in [6.07, 6.45) is 4.61. The second-order valence-corrected chi connectivity index (χ2v) is 3.40. The first-order valence-corrected chi connectivity index (χ1v) is 4.08. The van der Waals surface area contributed by atoms with Crippen LogP contribution in [0.2, 0.25) is 0 Å². The topological polar surface area (TPSA) is 46.5 Å². The van der Waals surface area contributed by atoms with Gasteiger partial charge in [0.15, 0.2) is 0 Å². The van der Waals surface area contributed by atoms with Gasteiger partial charge in [0.25, 0.3) is 0 Å². The maximum Gasteiger partial charge on any atom is 0.303 e. The molecule has 0 aromatic carbocycles. The summed E-state index contributed by atoms with van der Waals surface area (Å²) in [5.41, 5.74) is -0.726. The predicted molar refractivity (Wildman–Crippen MR) is 44.6 cm³/mol. The summed E-state index contributed by atoms with van der Waals surface area (Å²) in [5.74, 6) is -0.272. The quantitative estimate of drug-likeness (QED) is 0.472. The highest BCUT2D eigenvalue weighted by Crippen LogP contribution is 2.22. The minimum atomic E-state index is -0.726. The Morgan fingerprint density at radius 3 is 2.83 bits per heavy atom. The molecule has 0 saturated carbocycles. The van der Waals surface area contributed by atoms with Gasteiger partial charge in [-0.2, -0.15) is 0 Å². The van der Waals surface area contributed by atoms with E-state index in [9.17, 15) is 9.90 Å². The Labute approximate surface area is 72.0 Å². The third kappa shape index (κ3) is 2.66. The molecule has 0 heterocycles. The van der Waals surface area contributed by atoms with Gasteiger partial charge < -0.3 is 9.84 Å². The van der Waals surface area contributed by atoms with Crippen molar-refractivity contribution < 1.29 is 14.6 Å². The first kappa shape index (κ1) is 9.26. The first-order chi connectivity index (χ1) is 5.49. The van der Waals surface area contributed by atoms with Crippen LogP contribution in [-0.4, -0.2) is 22.8 Å². The molecule has 0 bridgehead atoms. The SMILES string of the molecule is CC(=O)O[C@H]1C=C[C@@](C)(O)CC1. The van der Waals surface area contributed by atoms with E-state index in [-0.39, 0.29) is 12.1 Å². The van der Waals surface area contributed by atoms with Crippen LogP contribution in [0.1, 0.15) is 26.7 Å². The molecule has 2 atom stereocenters. The number of rotatable bonds is 1. The number of aliphatic hydroxyl groups is 1. The minimum absolute atomic E-state index is 0.150. The average molecular weight is 170 g/mol. The van der Waals surface area contributed by atoms with Crippen LogP contribution >= 0.6 is 0 Å². The molecule has 0 spiro atoms. The summed E-state index contributed by atoms with van der Waals surface area (Å²) in [6.45, 7) is 3.13. The van der Waals surface area contributed by atoms with E-state index in [1.807, 2.05) is 0 Å². The lowest BCUT2D eigenvalue weighted by Gasteiger charge is -2.26. The van der Waals surface area contributed by atoms with Crippen LogP contribution in [0.3, 0.4) is 0 Å². The molecule has 0 unspecified atom stereocenters. The van der Waals surface area contributed by atoms with Crippen LogP contribution in [0.5, 0.6) is 0 Å². The van der Waals surface area contributed by atoms with E-state index >= 15 is 0 Å². The Bertz CT molecular complexity index is 206. The molecular weight excluding hydrogens is 156 g/mol. The number of carbonyl (C=O) groups excluding carboxylic acids is 1. The highest BCUT2D eigenvalue weighted by atomic mass is 16.5. The zero-order valence-electron chi connectivity index (χ0n) is 7.41. The molecule has 0 radical (unpaired) electrons. The average Bonchev–Trinajstić information content (AvgIpc) is 1.93. The lowest BCUT2D eigenvalue weighted by molar-refractivity contribution is -0.145. The van der Waals surface area contributed by atoms with Crippen molar-refractivity contribution in [2.45, 2.75) is 38.4 Å². The van der Waals surface area contributed by atoms with Crippen LogP contribution < -0.4 is 0 Å². The van der Waals surface area contributed by atoms with Gasteiger partial charge in [-0.15, -0.1) is 0 Å². The first-order valence-electron chi connectivity index (χ1n) is 4.08. The van der Waals surface area contributed by atoms with Gasteiger partial charge in [0.1, 0.15) is 6.10 Å². The highest BCUT2D eigenvalue weighted by molar-refractivity contribution is 5.66. The summed E-state index contributed by atoms with van der Waals surface area (Å²) < 4.78 is 4.95. The molecule has 0 aliphatic heterocycles. The molecule has 1 aliphatic carbocycles. The third-order valence-electron chi connectivity index (χ3n) is 1.92. The molecule has 0 saturated heterocycles. The maximum absolute atomic E-state index is 10.6. The molecule has 0 aromatic rings. The van der Waals surface area contributed by atoms with Crippen molar-refractivity contribution >= 4 is 5.97 Å². The fraction of sp³-hybridized carbons (Fsp3) is 0.667. The van der Waals surface area contributed by atoms with Gasteiger partial charge in [-0.05, 0) is 25.8 Å². The summed E-state index contributed by atoms with van der Waals surface area (Å²) in [6, 6.07) is 0. The van der Waals surface area contributed by atoms with Crippen LogP contribution in [0.4, 0.5) is 0 Å². The van der Waals surface area contributed by atoms with E-state index < -0.39 is 5.60 Å². The third-order valence-corrected chi connectivity index (χ3v) is 1.92. The minimum Gasteiger partial charge on any atom is -0.458 e. The number of hydrogen-bond acceptors (Lipinski definition) is 3. The van der Waals surface area contributed by atoms with Crippen molar-refractivity contribution in [2.75, 3.05) is 0 Å². The lowest BCUT2D eigenvalue weighted by atomic mass is 9.92. The van der Waals surface area contributed by atoms with Gasteiger partial charge in [0.05, 0.1) is 5.60 Å². The van der Waals surface area contributed by atoms with Crippen LogP contribution in [0.15, 0.2) is 12.2 Å². The number of hydrogen-bond donors (Lipinski definition) is 1. The molecule has 0 amide bonds. The van der Waals surface area contributed by atoms with Crippen molar-refractivity contribution in [3.05, 3.63) is 12.2 Å². The molecule has 68 valence electrons. The van der Waals surface area contributed by atoms with E-state index in [1.54, 1.807) is 19.1 Å². The van der Waals surface area contributed by atoms with Gasteiger partial charge in [0.2, 0.25) is 0 Å². The molecule has 3 nitrogen and oxygen atoms in total. The smallest absolute Gasteiger partial charge is 0.303 e. The number of esters is 1. The predicted octanol–water partition coefficient (Wildman–Crippen LogP) is 1.02.